The number of rotatable bonds is 7. The normalized spacial score (nSPS) is 10.6. The molecule has 0 bridgehead atoms. The minimum absolute atomic E-state index is 0.0110. The summed E-state index contributed by atoms with van der Waals surface area (Å²) in [6, 6.07) is 4.78. The van der Waals surface area contributed by atoms with Crippen LogP contribution in [0, 0.1) is 11.7 Å². The summed E-state index contributed by atoms with van der Waals surface area (Å²) in [7, 11) is 1.43. The lowest BCUT2D eigenvalue weighted by atomic mass is 10.1. The zero-order valence-corrected chi connectivity index (χ0v) is 11.8. The highest BCUT2D eigenvalue weighted by Crippen LogP contribution is 2.18. The van der Waals surface area contributed by atoms with E-state index in [9.17, 15) is 9.18 Å². The van der Waals surface area contributed by atoms with Crippen LogP contribution in [0.4, 0.5) is 4.39 Å². The Balaban J connectivity index is 2.36. The van der Waals surface area contributed by atoms with E-state index in [2.05, 4.69) is 19.2 Å². The van der Waals surface area contributed by atoms with Crippen LogP contribution in [0.15, 0.2) is 18.2 Å². The molecule has 0 unspecified atom stereocenters. The minimum atomic E-state index is -0.389. The van der Waals surface area contributed by atoms with Crippen molar-refractivity contribution in [2.45, 2.75) is 33.1 Å². The third kappa shape index (κ3) is 5.73. The minimum Gasteiger partial charge on any atom is -0.494 e. The van der Waals surface area contributed by atoms with Crippen molar-refractivity contribution in [1.82, 2.24) is 5.32 Å². The first-order valence-electron chi connectivity index (χ1n) is 6.62. The molecular weight excluding hydrogens is 245 g/mol. The van der Waals surface area contributed by atoms with Crippen LogP contribution in [0.5, 0.6) is 5.75 Å². The molecule has 1 N–H and O–H groups in total. The van der Waals surface area contributed by atoms with Crippen molar-refractivity contribution in [3.05, 3.63) is 29.6 Å². The zero-order chi connectivity index (χ0) is 14.3. The van der Waals surface area contributed by atoms with Crippen molar-refractivity contribution in [1.29, 1.82) is 0 Å². The fourth-order valence-electron chi connectivity index (χ4n) is 1.71. The lowest BCUT2D eigenvalue weighted by Gasteiger charge is -2.08. The van der Waals surface area contributed by atoms with Gasteiger partial charge in [-0.2, -0.15) is 0 Å². The van der Waals surface area contributed by atoms with Gasteiger partial charge in [0.25, 0.3) is 0 Å². The maximum absolute atomic E-state index is 13.4. The average molecular weight is 267 g/mol. The molecule has 0 atom stereocenters. The Hall–Kier alpha value is -1.58. The molecule has 0 aliphatic rings. The molecule has 0 fully saturated rings. The highest BCUT2D eigenvalue weighted by molar-refractivity contribution is 5.76. The number of halogens is 1. The van der Waals surface area contributed by atoms with Gasteiger partial charge in [0.15, 0.2) is 11.6 Å². The van der Waals surface area contributed by atoms with Crippen molar-refractivity contribution in [3.63, 3.8) is 0 Å². The first-order valence-corrected chi connectivity index (χ1v) is 6.62. The van der Waals surface area contributed by atoms with Crippen LogP contribution >= 0.6 is 0 Å². The summed E-state index contributed by atoms with van der Waals surface area (Å²) in [5.41, 5.74) is 0.803. The van der Waals surface area contributed by atoms with Crippen LogP contribution in [0.2, 0.25) is 0 Å². The van der Waals surface area contributed by atoms with Gasteiger partial charge in [-0.05, 0) is 36.5 Å². The molecule has 0 heterocycles. The van der Waals surface area contributed by atoms with Gasteiger partial charge in [0.2, 0.25) is 5.91 Å². The van der Waals surface area contributed by atoms with Gasteiger partial charge >= 0.3 is 0 Å². The van der Waals surface area contributed by atoms with Crippen molar-refractivity contribution >= 4 is 5.91 Å². The molecule has 4 heteroatoms. The molecule has 1 aromatic rings. The number of hydrogen-bond acceptors (Lipinski definition) is 2. The van der Waals surface area contributed by atoms with E-state index < -0.39 is 0 Å². The van der Waals surface area contributed by atoms with E-state index in [0.717, 1.165) is 12.0 Å². The number of carbonyl (C=O) groups is 1. The van der Waals surface area contributed by atoms with E-state index in [4.69, 9.17) is 4.74 Å². The Morgan fingerprint density at radius 3 is 2.74 bits per heavy atom. The average Bonchev–Trinajstić information content (AvgIpc) is 2.36. The number of amides is 1. The fourth-order valence-corrected chi connectivity index (χ4v) is 1.71. The number of carbonyl (C=O) groups excluding carboxylic acids is 1. The molecular formula is C15H22FNO2. The maximum atomic E-state index is 13.4. The second kappa shape index (κ2) is 7.77. The first kappa shape index (κ1) is 15.5. The van der Waals surface area contributed by atoms with E-state index in [-0.39, 0.29) is 17.5 Å². The third-order valence-electron chi connectivity index (χ3n) is 2.90. The second-order valence-corrected chi connectivity index (χ2v) is 5.00. The van der Waals surface area contributed by atoms with Gasteiger partial charge in [-0.15, -0.1) is 0 Å². The smallest absolute Gasteiger partial charge is 0.220 e. The standard InChI is InChI=1S/C15H22FNO2/c1-11(2)8-9-17-15(18)7-5-12-4-6-14(19-3)13(16)10-12/h4,6,10-11H,5,7-9H2,1-3H3,(H,17,18). The van der Waals surface area contributed by atoms with Crippen LogP contribution in [0.1, 0.15) is 32.3 Å². The zero-order valence-electron chi connectivity index (χ0n) is 11.8. The van der Waals surface area contributed by atoms with Crippen LogP contribution in [-0.2, 0) is 11.2 Å². The van der Waals surface area contributed by atoms with Crippen LogP contribution in [0.3, 0.4) is 0 Å². The Morgan fingerprint density at radius 2 is 2.16 bits per heavy atom. The topological polar surface area (TPSA) is 38.3 Å². The van der Waals surface area contributed by atoms with Crippen molar-refractivity contribution in [2.24, 2.45) is 5.92 Å². The monoisotopic (exact) mass is 267 g/mol. The van der Waals surface area contributed by atoms with Gasteiger partial charge in [-0.1, -0.05) is 19.9 Å². The molecule has 0 radical (unpaired) electrons. The maximum Gasteiger partial charge on any atom is 0.220 e. The number of nitrogens with one attached hydrogen (secondary N) is 1. The molecule has 0 aliphatic heterocycles. The van der Waals surface area contributed by atoms with Gasteiger partial charge < -0.3 is 10.1 Å². The summed E-state index contributed by atoms with van der Waals surface area (Å²) in [5.74, 6) is 0.429. The van der Waals surface area contributed by atoms with Gasteiger partial charge in [0.05, 0.1) is 7.11 Å². The summed E-state index contributed by atoms with van der Waals surface area (Å²) >= 11 is 0. The molecule has 0 saturated carbocycles. The van der Waals surface area contributed by atoms with Gasteiger partial charge in [0, 0.05) is 13.0 Å². The van der Waals surface area contributed by atoms with Crippen LogP contribution in [-0.4, -0.2) is 19.6 Å². The summed E-state index contributed by atoms with van der Waals surface area (Å²) < 4.78 is 18.3. The lowest BCUT2D eigenvalue weighted by Crippen LogP contribution is -2.25. The largest absolute Gasteiger partial charge is 0.494 e. The van der Waals surface area contributed by atoms with Gasteiger partial charge in [-0.3, -0.25) is 4.79 Å². The van der Waals surface area contributed by atoms with Crippen molar-refractivity contribution in [2.75, 3.05) is 13.7 Å². The third-order valence-corrected chi connectivity index (χ3v) is 2.90. The van der Waals surface area contributed by atoms with E-state index in [0.29, 0.717) is 25.3 Å². The van der Waals surface area contributed by atoms with Crippen molar-refractivity contribution in [3.8, 4) is 5.75 Å². The number of benzene rings is 1. The summed E-state index contributed by atoms with van der Waals surface area (Å²) in [6.07, 6.45) is 1.89. The lowest BCUT2D eigenvalue weighted by molar-refractivity contribution is -0.121. The Morgan fingerprint density at radius 1 is 1.42 bits per heavy atom. The Labute approximate surface area is 114 Å². The number of methoxy groups -OCH3 is 1. The molecule has 0 aliphatic carbocycles. The predicted octanol–water partition coefficient (Wildman–Crippen LogP) is 2.93. The van der Waals surface area contributed by atoms with Gasteiger partial charge in [0.1, 0.15) is 0 Å². The first-order chi connectivity index (χ1) is 9.02. The molecule has 0 aromatic heterocycles. The van der Waals surface area contributed by atoms with Crippen LogP contribution < -0.4 is 10.1 Å². The van der Waals surface area contributed by atoms with E-state index in [1.807, 2.05) is 0 Å². The highest BCUT2D eigenvalue weighted by Gasteiger charge is 2.06. The predicted molar refractivity (Wildman–Crippen MR) is 73.7 cm³/mol. The SMILES string of the molecule is COc1ccc(CCC(=O)NCCC(C)C)cc1F. The molecule has 106 valence electrons. The molecule has 1 aromatic carbocycles. The Kier molecular flexibility index (Phi) is 6.33. The number of ether oxygens (including phenoxy) is 1. The summed E-state index contributed by atoms with van der Waals surface area (Å²) in [6.45, 7) is 4.94. The van der Waals surface area contributed by atoms with Gasteiger partial charge in [-0.25, -0.2) is 4.39 Å². The summed E-state index contributed by atoms with van der Waals surface area (Å²) in [5, 5.41) is 2.86. The second-order valence-electron chi connectivity index (χ2n) is 5.00. The fraction of sp³-hybridized carbons (Fsp3) is 0.533. The Bertz CT molecular complexity index is 419. The highest BCUT2D eigenvalue weighted by atomic mass is 19.1. The van der Waals surface area contributed by atoms with E-state index in [1.165, 1.54) is 13.2 Å². The quantitative estimate of drug-likeness (QED) is 0.825. The summed E-state index contributed by atoms with van der Waals surface area (Å²) in [4.78, 5) is 11.6. The number of hydrogen-bond donors (Lipinski definition) is 1. The van der Waals surface area contributed by atoms with Crippen molar-refractivity contribution < 1.29 is 13.9 Å². The molecule has 1 rings (SSSR count). The van der Waals surface area contributed by atoms with E-state index >= 15 is 0 Å². The molecule has 19 heavy (non-hydrogen) atoms. The van der Waals surface area contributed by atoms with E-state index in [1.54, 1.807) is 12.1 Å². The molecule has 3 nitrogen and oxygen atoms in total. The number of aryl methyl sites for hydroxylation is 1. The molecule has 0 saturated heterocycles. The molecule has 0 spiro atoms. The van der Waals surface area contributed by atoms with Crippen LogP contribution in [0.25, 0.3) is 0 Å². The molecule has 1 amide bonds.